The molecule has 1 saturated heterocycles. The summed E-state index contributed by atoms with van der Waals surface area (Å²) in [4.78, 5) is 25.9. The number of hydrogen-bond acceptors (Lipinski definition) is 7. The van der Waals surface area contributed by atoms with Crippen molar-refractivity contribution < 1.29 is 29.6 Å². The Hall–Kier alpha value is -2.00. The molecule has 8 heteroatoms. The molecule has 4 saturated carbocycles. The molecule has 0 spiro atoms. The molecule has 45 heavy (non-hydrogen) atoms. The van der Waals surface area contributed by atoms with Crippen molar-refractivity contribution >= 4 is 11.9 Å². The van der Waals surface area contributed by atoms with Crippen LogP contribution in [0.3, 0.4) is 0 Å². The van der Waals surface area contributed by atoms with Crippen molar-refractivity contribution in [2.75, 3.05) is 19.6 Å². The molecule has 5 aliphatic rings. The molecule has 1 heterocycles. The van der Waals surface area contributed by atoms with Crippen LogP contribution in [0, 0.1) is 46.3 Å². The minimum absolute atomic E-state index is 0.0585. The highest BCUT2D eigenvalue weighted by Gasteiger charge is 2.65. The Morgan fingerprint density at radius 1 is 0.978 bits per heavy atom. The molecule has 5 fully saturated rings. The van der Waals surface area contributed by atoms with Gasteiger partial charge in [-0.1, -0.05) is 51.1 Å². The molecule has 1 aliphatic heterocycles. The average Bonchev–Trinajstić information content (AvgIpc) is 3.39. The van der Waals surface area contributed by atoms with Gasteiger partial charge in [0.15, 0.2) is 0 Å². The van der Waals surface area contributed by atoms with Crippen LogP contribution in [0.15, 0.2) is 30.3 Å². The van der Waals surface area contributed by atoms with E-state index in [9.17, 15) is 24.9 Å². The number of aliphatic hydroxyl groups is 3. The zero-order valence-electron chi connectivity index (χ0n) is 27.5. The molecule has 0 aromatic heterocycles. The molecule has 1 aromatic carbocycles. The Bertz CT molecular complexity index is 1200. The second kappa shape index (κ2) is 12.9. The summed E-state index contributed by atoms with van der Waals surface area (Å²) in [6.45, 7) is 8.21. The number of fused-ring (bicyclic) bond motifs is 5. The standard InChI is InChI=1S/C37H56N2O6/c1-23(9-12-32(43)39-22-33(44)45-37(15-17-38-18-16-37)24-7-5-4-6-8-24)27-10-11-28-34-29(21-31(42)36(27,28)3)35(2)14-13-26(40)19-25(35)20-30(34)41/h4-8,23,25-31,34,38,40-42H,9-22H2,1-3H3,(H,39,43)/t23-,25+,26?,27-,28+,29+,30?,31?,34+,35+,36-/m1/s1. The summed E-state index contributed by atoms with van der Waals surface area (Å²) in [6.07, 6.45) is 7.32. The fourth-order valence-electron chi connectivity index (χ4n) is 11.2. The third-order valence-electron chi connectivity index (χ3n) is 13.8. The smallest absolute Gasteiger partial charge is 0.326 e. The van der Waals surface area contributed by atoms with Crippen LogP contribution in [-0.2, 0) is 19.9 Å². The van der Waals surface area contributed by atoms with E-state index < -0.39 is 17.7 Å². The number of aliphatic hydroxyl groups excluding tert-OH is 3. The van der Waals surface area contributed by atoms with Gasteiger partial charge in [0.05, 0.1) is 18.3 Å². The highest BCUT2D eigenvalue weighted by atomic mass is 16.6. The molecule has 0 bridgehead atoms. The van der Waals surface area contributed by atoms with Crippen molar-refractivity contribution in [3.63, 3.8) is 0 Å². The second-order valence-corrected chi connectivity index (χ2v) is 15.9. The van der Waals surface area contributed by atoms with Gasteiger partial charge in [0.1, 0.15) is 12.1 Å². The number of amides is 1. The van der Waals surface area contributed by atoms with Crippen molar-refractivity contribution in [1.29, 1.82) is 0 Å². The molecule has 11 atom stereocenters. The van der Waals surface area contributed by atoms with Gasteiger partial charge in [-0.25, -0.2) is 0 Å². The van der Waals surface area contributed by atoms with E-state index in [4.69, 9.17) is 4.74 Å². The topological polar surface area (TPSA) is 128 Å². The fraction of sp³-hybridized carbons (Fsp3) is 0.784. The first-order valence-corrected chi connectivity index (χ1v) is 17.8. The van der Waals surface area contributed by atoms with Crippen LogP contribution in [0.5, 0.6) is 0 Å². The van der Waals surface area contributed by atoms with Gasteiger partial charge in [-0.05, 0) is 116 Å². The molecule has 3 unspecified atom stereocenters. The molecule has 4 aliphatic carbocycles. The van der Waals surface area contributed by atoms with Gasteiger partial charge in [0.25, 0.3) is 0 Å². The third kappa shape index (κ3) is 5.98. The zero-order valence-corrected chi connectivity index (χ0v) is 27.5. The van der Waals surface area contributed by atoms with E-state index in [-0.39, 0.29) is 65.1 Å². The minimum Gasteiger partial charge on any atom is -0.453 e. The average molecular weight is 625 g/mol. The second-order valence-electron chi connectivity index (χ2n) is 15.9. The Kier molecular flexibility index (Phi) is 9.43. The molecule has 5 N–H and O–H groups in total. The van der Waals surface area contributed by atoms with Crippen molar-refractivity contribution in [2.24, 2.45) is 46.3 Å². The summed E-state index contributed by atoms with van der Waals surface area (Å²) >= 11 is 0. The van der Waals surface area contributed by atoms with Crippen molar-refractivity contribution in [2.45, 2.75) is 115 Å². The van der Waals surface area contributed by atoms with E-state index in [2.05, 4.69) is 31.4 Å². The van der Waals surface area contributed by atoms with Crippen LogP contribution >= 0.6 is 0 Å². The maximum atomic E-state index is 12.9. The fourth-order valence-corrected chi connectivity index (χ4v) is 11.2. The number of esters is 1. The number of carbonyl (C=O) groups excluding carboxylic acids is 2. The quantitative estimate of drug-likeness (QED) is 0.273. The van der Waals surface area contributed by atoms with Gasteiger partial charge in [-0.15, -0.1) is 0 Å². The first-order chi connectivity index (χ1) is 21.5. The molecule has 8 nitrogen and oxygen atoms in total. The molecular weight excluding hydrogens is 568 g/mol. The first-order valence-electron chi connectivity index (χ1n) is 17.8. The van der Waals surface area contributed by atoms with E-state index in [1.165, 1.54) is 0 Å². The lowest BCUT2D eigenvalue weighted by Crippen LogP contribution is -2.62. The number of nitrogens with one attached hydrogen (secondary N) is 2. The summed E-state index contributed by atoms with van der Waals surface area (Å²) < 4.78 is 6.05. The molecule has 250 valence electrons. The molecule has 0 radical (unpaired) electrons. The summed E-state index contributed by atoms with van der Waals surface area (Å²) in [7, 11) is 0. The predicted molar refractivity (Wildman–Crippen MR) is 172 cm³/mol. The highest BCUT2D eigenvalue weighted by molar-refractivity contribution is 5.82. The van der Waals surface area contributed by atoms with Gasteiger partial charge in [0.2, 0.25) is 5.91 Å². The zero-order chi connectivity index (χ0) is 32.0. The highest BCUT2D eigenvalue weighted by Crippen LogP contribution is 2.68. The van der Waals surface area contributed by atoms with Crippen LogP contribution in [0.1, 0.15) is 97.0 Å². The van der Waals surface area contributed by atoms with E-state index in [1.807, 2.05) is 30.3 Å². The summed E-state index contributed by atoms with van der Waals surface area (Å²) in [5.74, 6) is 0.962. The van der Waals surface area contributed by atoms with E-state index in [1.54, 1.807) is 0 Å². The Morgan fingerprint density at radius 2 is 1.71 bits per heavy atom. The molecular formula is C37H56N2O6. The van der Waals surface area contributed by atoms with Gasteiger partial charge < -0.3 is 30.7 Å². The van der Waals surface area contributed by atoms with Gasteiger partial charge in [0, 0.05) is 19.3 Å². The summed E-state index contributed by atoms with van der Waals surface area (Å²) in [6, 6.07) is 9.88. The molecule has 1 amide bonds. The summed E-state index contributed by atoms with van der Waals surface area (Å²) in [5.41, 5.74) is 0.0920. The van der Waals surface area contributed by atoms with Crippen LogP contribution in [0.25, 0.3) is 0 Å². The van der Waals surface area contributed by atoms with Crippen LogP contribution in [-0.4, -0.2) is 65.1 Å². The lowest BCUT2D eigenvalue weighted by atomic mass is 9.43. The number of ether oxygens (including phenoxy) is 1. The Labute approximate surface area is 269 Å². The van der Waals surface area contributed by atoms with Crippen molar-refractivity contribution in [1.82, 2.24) is 10.6 Å². The van der Waals surface area contributed by atoms with E-state index in [0.717, 1.165) is 57.2 Å². The number of rotatable bonds is 8. The number of benzene rings is 1. The van der Waals surface area contributed by atoms with Crippen LogP contribution in [0.2, 0.25) is 0 Å². The number of piperidine rings is 1. The molecule has 1 aromatic rings. The lowest BCUT2D eigenvalue weighted by molar-refractivity contribution is -0.207. The van der Waals surface area contributed by atoms with Crippen LogP contribution in [0.4, 0.5) is 0 Å². The molecule has 6 rings (SSSR count). The number of hydrogen-bond donors (Lipinski definition) is 5. The largest absolute Gasteiger partial charge is 0.453 e. The van der Waals surface area contributed by atoms with Crippen molar-refractivity contribution in [3.8, 4) is 0 Å². The normalized spacial score (nSPS) is 41.2. The maximum Gasteiger partial charge on any atom is 0.326 e. The predicted octanol–water partition coefficient (Wildman–Crippen LogP) is 4.30. The Morgan fingerprint density at radius 3 is 2.44 bits per heavy atom. The van der Waals surface area contributed by atoms with Crippen molar-refractivity contribution in [3.05, 3.63) is 35.9 Å². The maximum absolute atomic E-state index is 12.9. The summed E-state index contributed by atoms with van der Waals surface area (Å²) in [5, 5.41) is 39.9. The van der Waals surface area contributed by atoms with Gasteiger partial charge in [-0.2, -0.15) is 0 Å². The van der Waals surface area contributed by atoms with Gasteiger partial charge >= 0.3 is 5.97 Å². The Balaban J connectivity index is 1.04. The third-order valence-corrected chi connectivity index (χ3v) is 13.8. The van der Waals surface area contributed by atoms with Crippen LogP contribution < -0.4 is 10.6 Å². The lowest BCUT2D eigenvalue weighted by Gasteiger charge is -2.63. The van der Waals surface area contributed by atoms with Gasteiger partial charge in [-0.3, -0.25) is 9.59 Å². The van der Waals surface area contributed by atoms with E-state index >= 15 is 0 Å². The SMILES string of the molecule is C[C@H](CCC(=O)NCC(=O)OC1(c2ccccc2)CCNCC1)[C@H]1CC[C@H]2[C@@H]3C(O)C[C@@H]4CC(O)CC[C@]4(C)[C@H]3CC(O)[C@]12C. The first kappa shape index (κ1) is 32.9. The monoisotopic (exact) mass is 624 g/mol. The van der Waals surface area contributed by atoms with E-state index in [0.29, 0.717) is 38.0 Å². The minimum atomic E-state index is -0.667. The number of carbonyl (C=O) groups is 2.